The van der Waals surface area contributed by atoms with Gasteiger partial charge in [0.2, 0.25) is 10.0 Å². The molecule has 8 nitrogen and oxygen atoms in total. The quantitative estimate of drug-likeness (QED) is 0.393. The topological polar surface area (TPSA) is 97.4 Å². The SMILES string of the molecule is Cc1nn([C@@H](C(=O)Nc2ccc(F)cc2)c2ccccc2)c(C)c1S(=O)(=O)N(C)Cc1ccco1. The number of hydrogen-bond acceptors (Lipinski definition) is 5. The van der Waals surface area contributed by atoms with Crippen molar-refractivity contribution in [3.63, 3.8) is 0 Å². The Morgan fingerprint density at radius 3 is 2.40 bits per heavy atom. The normalized spacial score (nSPS) is 12.6. The summed E-state index contributed by atoms with van der Waals surface area (Å²) in [5.41, 5.74) is 1.61. The average Bonchev–Trinajstić information content (AvgIpc) is 3.44. The van der Waals surface area contributed by atoms with Crippen LogP contribution in [0.4, 0.5) is 10.1 Å². The molecule has 1 atom stereocenters. The lowest BCUT2D eigenvalue weighted by molar-refractivity contribution is -0.118. The summed E-state index contributed by atoms with van der Waals surface area (Å²) in [4.78, 5) is 13.5. The van der Waals surface area contributed by atoms with Gasteiger partial charge in [0.25, 0.3) is 5.91 Å². The van der Waals surface area contributed by atoms with Crippen LogP contribution >= 0.6 is 0 Å². The predicted molar refractivity (Wildman–Crippen MR) is 129 cm³/mol. The van der Waals surface area contributed by atoms with Crippen molar-refractivity contribution >= 4 is 21.6 Å². The highest BCUT2D eigenvalue weighted by molar-refractivity contribution is 7.89. The largest absolute Gasteiger partial charge is 0.468 e. The molecule has 0 aliphatic carbocycles. The average molecular weight is 497 g/mol. The van der Waals surface area contributed by atoms with Gasteiger partial charge in [0.15, 0.2) is 6.04 Å². The van der Waals surface area contributed by atoms with E-state index in [0.29, 0.717) is 22.7 Å². The Hall–Kier alpha value is -3.76. The monoisotopic (exact) mass is 496 g/mol. The predicted octanol–water partition coefficient (Wildman–Crippen LogP) is 4.28. The lowest BCUT2D eigenvalue weighted by atomic mass is 10.1. The van der Waals surface area contributed by atoms with E-state index in [9.17, 15) is 17.6 Å². The van der Waals surface area contributed by atoms with Crippen molar-refractivity contribution in [2.75, 3.05) is 12.4 Å². The van der Waals surface area contributed by atoms with E-state index < -0.39 is 27.8 Å². The van der Waals surface area contributed by atoms with Gasteiger partial charge in [-0.3, -0.25) is 9.48 Å². The van der Waals surface area contributed by atoms with Crippen LogP contribution in [-0.4, -0.2) is 35.5 Å². The zero-order chi connectivity index (χ0) is 25.2. The van der Waals surface area contributed by atoms with E-state index in [4.69, 9.17) is 4.42 Å². The first-order valence-electron chi connectivity index (χ1n) is 10.8. The number of rotatable bonds is 8. The van der Waals surface area contributed by atoms with Crippen molar-refractivity contribution in [1.82, 2.24) is 14.1 Å². The maximum Gasteiger partial charge on any atom is 0.253 e. The first-order chi connectivity index (χ1) is 16.7. The Morgan fingerprint density at radius 1 is 1.09 bits per heavy atom. The van der Waals surface area contributed by atoms with Crippen molar-refractivity contribution in [1.29, 1.82) is 0 Å². The molecular weight excluding hydrogens is 471 g/mol. The van der Waals surface area contributed by atoms with Crippen molar-refractivity contribution in [3.05, 3.63) is 102 Å². The first-order valence-corrected chi connectivity index (χ1v) is 12.3. The molecule has 0 saturated heterocycles. The van der Waals surface area contributed by atoms with E-state index in [0.717, 1.165) is 0 Å². The molecule has 2 heterocycles. The van der Waals surface area contributed by atoms with E-state index in [1.165, 1.54) is 46.6 Å². The molecule has 10 heteroatoms. The summed E-state index contributed by atoms with van der Waals surface area (Å²) in [6.45, 7) is 3.26. The van der Waals surface area contributed by atoms with Gasteiger partial charge in [0.1, 0.15) is 16.5 Å². The van der Waals surface area contributed by atoms with Gasteiger partial charge in [-0.25, -0.2) is 12.8 Å². The lowest BCUT2D eigenvalue weighted by Crippen LogP contribution is -2.29. The summed E-state index contributed by atoms with van der Waals surface area (Å²) in [7, 11) is -2.48. The van der Waals surface area contributed by atoms with Gasteiger partial charge in [-0.2, -0.15) is 9.40 Å². The van der Waals surface area contributed by atoms with Crippen LogP contribution in [0.2, 0.25) is 0 Å². The second-order valence-corrected chi connectivity index (χ2v) is 10.1. The van der Waals surface area contributed by atoms with Crippen LogP contribution in [0, 0.1) is 19.7 Å². The van der Waals surface area contributed by atoms with E-state index >= 15 is 0 Å². The zero-order valence-electron chi connectivity index (χ0n) is 19.5. The van der Waals surface area contributed by atoms with Crippen molar-refractivity contribution in [2.24, 2.45) is 0 Å². The number of benzene rings is 2. The van der Waals surface area contributed by atoms with Crippen molar-refractivity contribution in [3.8, 4) is 0 Å². The number of anilines is 1. The van der Waals surface area contributed by atoms with Crippen LogP contribution in [0.3, 0.4) is 0 Å². The third-order valence-corrected chi connectivity index (χ3v) is 7.66. The maximum absolute atomic E-state index is 13.5. The van der Waals surface area contributed by atoms with Crippen LogP contribution < -0.4 is 5.32 Å². The number of nitrogens with one attached hydrogen (secondary N) is 1. The molecule has 4 rings (SSSR count). The summed E-state index contributed by atoms with van der Waals surface area (Å²) >= 11 is 0. The number of nitrogens with zero attached hydrogens (tertiary/aromatic N) is 3. The van der Waals surface area contributed by atoms with E-state index in [2.05, 4.69) is 10.4 Å². The van der Waals surface area contributed by atoms with Gasteiger partial charge in [0.05, 0.1) is 24.2 Å². The third-order valence-electron chi connectivity index (χ3n) is 5.61. The van der Waals surface area contributed by atoms with Crippen LogP contribution in [0.5, 0.6) is 0 Å². The molecule has 35 heavy (non-hydrogen) atoms. The highest BCUT2D eigenvalue weighted by atomic mass is 32.2. The Morgan fingerprint density at radius 2 is 1.77 bits per heavy atom. The molecule has 4 aromatic rings. The standard InChI is InChI=1S/C25H25FN4O4S/c1-17-24(35(32,33)29(3)16-22-10-7-15-34-22)18(2)30(28-17)23(19-8-5-4-6-9-19)25(31)27-21-13-11-20(26)12-14-21/h4-15,23H,16H2,1-3H3,(H,27,31)/t23-/m1/s1. The molecule has 0 fully saturated rings. The first kappa shape index (κ1) is 24.4. The van der Waals surface area contributed by atoms with Gasteiger partial charge in [-0.15, -0.1) is 0 Å². The van der Waals surface area contributed by atoms with Gasteiger partial charge in [-0.1, -0.05) is 30.3 Å². The van der Waals surface area contributed by atoms with E-state index in [1.54, 1.807) is 50.2 Å². The highest BCUT2D eigenvalue weighted by Gasteiger charge is 2.33. The van der Waals surface area contributed by atoms with E-state index in [1.807, 2.05) is 6.07 Å². The maximum atomic E-state index is 13.5. The second kappa shape index (κ2) is 9.85. The molecule has 182 valence electrons. The van der Waals surface area contributed by atoms with Crippen molar-refractivity contribution < 1.29 is 22.0 Å². The Labute approximate surface area is 203 Å². The van der Waals surface area contributed by atoms with Gasteiger partial charge in [0, 0.05) is 12.7 Å². The summed E-state index contributed by atoms with van der Waals surface area (Å²) in [5.74, 6) is -0.365. The van der Waals surface area contributed by atoms with Crippen LogP contribution in [0.1, 0.15) is 28.8 Å². The zero-order valence-corrected chi connectivity index (χ0v) is 20.3. The molecule has 1 N–H and O–H groups in total. The van der Waals surface area contributed by atoms with Crippen LogP contribution in [0.15, 0.2) is 82.3 Å². The number of carbonyl (C=O) groups is 1. The van der Waals surface area contributed by atoms with Crippen molar-refractivity contribution in [2.45, 2.75) is 31.3 Å². The number of aryl methyl sites for hydroxylation is 1. The fourth-order valence-corrected chi connectivity index (χ4v) is 5.41. The Kier molecular flexibility index (Phi) is 6.86. The lowest BCUT2D eigenvalue weighted by Gasteiger charge is -2.20. The minimum absolute atomic E-state index is 0.0297. The molecular formula is C25H25FN4O4S. The molecule has 0 radical (unpaired) electrons. The molecule has 0 bridgehead atoms. The highest BCUT2D eigenvalue weighted by Crippen LogP contribution is 2.29. The molecule has 0 spiro atoms. The van der Waals surface area contributed by atoms with Crippen LogP contribution in [0.25, 0.3) is 0 Å². The number of sulfonamides is 1. The fourth-order valence-electron chi connectivity index (χ4n) is 3.92. The molecule has 0 aliphatic rings. The molecule has 0 aliphatic heterocycles. The number of halogens is 1. The summed E-state index contributed by atoms with van der Waals surface area (Å²) in [6, 6.07) is 16.7. The van der Waals surface area contributed by atoms with Crippen LogP contribution in [-0.2, 0) is 21.4 Å². The van der Waals surface area contributed by atoms with Gasteiger partial charge >= 0.3 is 0 Å². The van der Waals surface area contributed by atoms with Gasteiger partial charge in [-0.05, 0) is 55.8 Å². The van der Waals surface area contributed by atoms with E-state index in [-0.39, 0.29) is 17.1 Å². The van der Waals surface area contributed by atoms with Gasteiger partial charge < -0.3 is 9.73 Å². The number of hydrogen-bond donors (Lipinski definition) is 1. The molecule has 2 aromatic carbocycles. The number of aromatic nitrogens is 2. The molecule has 1 amide bonds. The smallest absolute Gasteiger partial charge is 0.253 e. The number of carbonyl (C=O) groups excluding carboxylic acids is 1. The minimum Gasteiger partial charge on any atom is -0.468 e. The second-order valence-electron chi connectivity index (χ2n) is 8.09. The Balaban J connectivity index is 1.74. The Bertz CT molecular complexity index is 1420. The summed E-state index contributed by atoms with van der Waals surface area (Å²) < 4.78 is 48.1. The summed E-state index contributed by atoms with van der Waals surface area (Å²) in [6.07, 6.45) is 1.48. The molecule has 0 saturated carbocycles. The third kappa shape index (κ3) is 5.03. The number of furan rings is 1. The molecule has 0 unspecified atom stereocenters. The minimum atomic E-state index is -3.94. The fraction of sp³-hybridized carbons (Fsp3) is 0.200. The number of amides is 1. The summed E-state index contributed by atoms with van der Waals surface area (Å²) in [5, 5.41) is 7.25. The molecule has 2 aromatic heterocycles.